The van der Waals surface area contributed by atoms with Crippen molar-refractivity contribution in [1.82, 2.24) is 0 Å². The molecule has 5 N–H and O–H groups in total. The van der Waals surface area contributed by atoms with Crippen molar-refractivity contribution < 1.29 is 39.8 Å². The molecule has 1 aromatic carbocycles. The smallest absolute Gasteiger partial charge is 0.229 e. The molecule has 122 valence electrons. The van der Waals surface area contributed by atoms with E-state index in [0.717, 1.165) is 0 Å². The van der Waals surface area contributed by atoms with Gasteiger partial charge in [-0.3, -0.25) is 4.79 Å². The summed E-state index contributed by atoms with van der Waals surface area (Å²) in [6.45, 7) is 0.639. The van der Waals surface area contributed by atoms with E-state index < -0.39 is 43.1 Å². The second kappa shape index (κ2) is 6.59. The third-order valence-corrected chi connectivity index (χ3v) is 3.45. The van der Waals surface area contributed by atoms with Crippen LogP contribution < -0.4 is 4.74 Å². The van der Waals surface area contributed by atoms with Crippen LogP contribution in [0.3, 0.4) is 0 Å². The van der Waals surface area contributed by atoms with Gasteiger partial charge in [-0.05, 0) is 19.1 Å². The number of aromatic hydroxyl groups is 1. The standard InChI is InChI=1S/C14H18O8/c1-6(16)10-7(17)3-2-4-8(10)21-14-13(20)12(19)11(18)9(5-15)22-14/h2-4,9,11-15,17-20H,5H2,1H3/t9-,11+,12-,13-,14-/m0/s1. The van der Waals surface area contributed by atoms with Gasteiger partial charge in [-0.25, -0.2) is 0 Å². The van der Waals surface area contributed by atoms with E-state index in [4.69, 9.17) is 14.6 Å². The molecule has 1 fully saturated rings. The lowest BCUT2D eigenvalue weighted by Crippen LogP contribution is -2.60. The molecule has 1 saturated heterocycles. The number of carbonyl (C=O) groups is 1. The first-order valence-corrected chi connectivity index (χ1v) is 6.67. The van der Waals surface area contributed by atoms with E-state index in [1.807, 2.05) is 0 Å². The molecular weight excluding hydrogens is 296 g/mol. The number of rotatable bonds is 4. The van der Waals surface area contributed by atoms with Crippen molar-refractivity contribution in [2.45, 2.75) is 37.6 Å². The highest BCUT2D eigenvalue weighted by molar-refractivity contribution is 5.99. The number of benzene rings is 1. The minimum atomic E-state index is -1.60. The lowest BCUT2D eigenvalue weighted by molar-refractivity contribution is -0.277. The zero-order valence-corrected chi connectivity index (χ0v) is 11.8. The highest BCUT2D eigenvalue weighted by Crippen LogP contribution is 2.31. The number of aliphatic hydroxyl groups excluding tert-OH is 4. The maximum absolute atomic E-state index is 11.6. The number of Topliss-reactive ketones (excluding diaryl/α,β-unsaturated/α-hetero) is 1. The predicted octanol–water partition coefficient (Wildman–Crippen LogP) is -1.23. The molecule has 0 unspecified atom stereocenters. The monoisotopic (exact) mass is 314 g/mol. The first-order valence-electron chi connectivity index (χ1n) is 6.67. The Morgan fingerprint density at radius 3 is 2.50 bits per heavy atom. The molecular formula is C14H18O8. The lowest BCUT2D eigenvalue weighted by Gasteiger charge is -2.39. The van der Waals surface area contributed by atoms with Crippen molar-refractivity contribution >= 4 is 5.78 Å². The second-order valence-electron chi connectivity index (χ2n) is 5.02. The second-order valence-corrected chi connectivity index (χ2v) is 5.02. The van der Waals surface area contributed by atoms with Crippen LogP contribution >= 0.6 is 0 Å². The average Bonchev–Trinajstić information content (AvgIpc) is 2.47. The van der Waals surface area contributed by atoms with E-state index in [0.29, 0.717) is 0 Å². The van der Waals surface area contributed by atoms with Crippen LogP contribution in [-0.2, 0) is 4.74 Å². The van der Waals surface area contributed by atoms with Crippen molar-refractivity contribution in [2.75, 3.05) is 6.61 Å². The molecule has 1 heterocycles. The molecule has 1 aromatic rings. The summed E-state index contributed by atoms with van der Waals surface area (Å²) in [7, 11) is 0. The van der Waals surface area contributed by atoms with Crippen LogP contribution in [0.5, 0.6) is 11.5 Å². The van der Waals surface area contributed by atoms with E-state index in [1.165, 1.54) is 25.1 Å². The fourth-order valence-electron chi connectivity index (χ4n) is 2.26. The van der Waals surface area contributed by atoms with E-state index in [9.17, 15) is 25.2 Å². The fraction of sp³-hybridized carbons (Fsp3) is 0.500. The normalized spacial score (nSPS) is 31.8. The Kier molecular flexibility index (Phi) is 4.99. The molecule has 0 spiro atoms. The highest BCUT2D eigenvalue weighted by atomic mass is 16.7. The summed E-state index contributed by atoms with van der Waals surface area (Å²) in [5.74, 6) is -0.802. The van der Waals surface area contributed by atoms with E-state index >= 15 is 0 Å². The van der Waals surface area contributed by atoms with Crippen molar-refractivity contribution in [3.8, 4) is 11.5 Å². The van der Waals surface area contributed by atoms with Crippen LogP contribution in [0.1, 0.15) is 17.3 Å². The predicted molar refractivity (Wildman–Crippen MR) is 72.5 cm³/mol. The summed E-state index contributed by atoms with van der Waals surface area (Å²) in [5, 5.41) is 48.1. The summed E-state index contributed by atoms with van der Waals surface area (Å²) in [5.41, 5.74) is -0.0977. The number of hydrogen-bond acceptors (Lipinski definition) is 8. The van der Waals surface area contributed by atoms with Gasteiger partial charge in [-0.1, -0.05) is 6.07 Å². The van der Waals surface area contributed by atoms with Gasteiger partial charge in [0.25, 0.3) is 0 Å². The van der Waals surface area contributed by atoms with E-state index in [-0.39, 0.29) is 17.1 Å². The molecule has 1 aliphatic heterocycles. The maximum atomic E-state index is 11.6. The van der Waals surface area contributed by atoms with Gasteiger partial charge < -0.3 is 35.0 Å². The Balaban J connectivity index is 2.27. The Morgan fingerprint density at radius 2 is 1.91 bits per heavy atom. The number of phenols is 1. The van der Waals surface area contributed by atoms with Gasteiger partial charge in [0.05, 0.1) is 6.61 Å². The van der Waals surface area contributed by atoms with Crippen LogP contribution in [-0.4, -0.2) is 68.6 Å². The van der Waals surface area contributed by atoms with Crippen LogP contribution in [0.4, 0.5) is 0 Å². The molecule has 0 amide bonds. The molecule has 0 aromatic heterocycles. The van der Waals surface area contributed by atoms with Crippen molar-refractivity contribution in [3.05, 3.63) is 23.8 Å². The third kappa shape index (κ3) is 3.06. The highest BCUT2D eigenvalue weighted by Gasteiger charge is 2.45. The van der Waals surface area contributed by atoms with Gasteiger partial charge in [0.1, 0.15) is 41.5 Å². The van der Waals surface area contributed by atoms with Crippen LogP contribution in [0, 0.1) is 0 Å². The van der Waals surface area contributed by atoms with Gasteiger partial charge in [0, 0.05) is 0 Å². The van der Waals surface area contributed by atoms with Crippen molar-refractivity contribution in [1.29, 1.82) is 0 Å². The largest absolute Gasteiger partial charge is 0.507 e. The van der Waals surface area contributed by atoms with E-state index in [1.54, 1.807) is 0 Å². The SMILES string of the molecule is CC(=O)c1c(O)cccc1O[C@H]1O[C@@H](CO)[C@@H](O)[C@H](O)[C@@H]1O. The van der Waals surface area contributed by atoms with Crippen molar-refractivity contribution in [2.24, 2.45) is 0 Å². The minimum Gasteiger partial charge on any atom is -0.507 e. The summed E-state index contributed by atoms with van der Waals surface area (Å²) in [4.78, 5) is 11.6. The third-order valence-electron chi connectivity index (χ3n) is 3.45. The zero-order valence-electron chi connectivity index (χ0n) is 11.8. The number of ketones is 1. The Morgan fingerprint density at radius 1 is 1.23 bits per heavy atom. The molecule has 8 nitrogen and oxygen atoms in total. The van der Waals surface area contributed by atoms with Gasteiger partial charge >= 0.3 is 0 Å². The van der Waals surface area contributed by atoms with Gasteiger partial charge in [-0.15, -0.1) is 0 Å². The first kappa shape index (κ1) is 16.7. The average molecular weight is 314 g/mol. The molecule has 1 aliphatic rings. The van der Waals surface area contributed by atoms with Gasteiger partial charge in [0.15, 0.2) is 5.78 Å². The van der Waals surface area contributed by atoms with Crippen molar-refractivity contribution in [3.63, 3.8) is 0 Å². The molecule has 0 saturated carbocycles. The molecule has 0 aliphatic carbocycles. The molecule has 5 atom stereocenters. The zero-order chi connectivity index (χ0) is 16.4. The maximum Gasteiger partial charge on any atom is 0.229 e. The number of aliphatic hydroxyl groups is 4. The summed E-state index contributed by atoms with van der Waals surface area (Å²) in [6.07, 6.45) is -7.23. The molecule has 0 bridgehead atoms. The van der Waals surface area contributed by atoms with Gasteiger partial charge in [0.2, 0.25) is 6.29 Å². The number of hydrogen-bond donors (Lipinski definition) is 5. The topological polar surface area (TPSA) is 137 Å². The Labute approximate surface area is 126 Å². The molecule has 2 rings (SSSR count). The summed E-state index contributed by atoms with van der Waals surface area (Å²) < 4.78 is 10.5. The Hall–Kier alpha value is -1.71. The molecule has 22 heavy (non-hydrogen) atoms. The number of phenolic OH excluding ortho intramolecular Hbond substituents is 1. The number of ether oxygens (including phenoxy) is 2. The summed E-state index contributed by atoms with van der Waals surface area (Å²) >= 11 is 0. The minimum absolute atomic E-state index is 0.0446. The fourth-order valence-corrected chi connectivity index (χ4v) is 2.26. The summed E-state index contributed by atoms with van der Waals surface area (Å²) in [6, 6.07) is 4.12. The van der Waals surface area contributed by atoms with Crippen LogP contribution in [0.15, 0.2) is 18.2 Å². The van der Waals surface area contributed by atoms with E-state index in [2.05, 4.69) is 0 Å². The molecule has 8 heteroatoms. The number of carbonyl (C=O) groups excluding carboxylic acids is 1. The quantitative estimate of drug-likeness (QED) is 0.436. The Bertz CT molecular complexity index is 544. The first-order chi connectivity index (χ1) is 10.4. The van der Waals surface area contributed by atoms with Gasteiger partial charge in [-0.2, -0.15) is 0 Å². The molecule has 0 radical (unpaired) electrons. The van der Waals surface area contributed by atoms with Crippen LogP contribution in [0.2, 0.25) is 0 Å². The lowest BCUT2D eigenvalue weighted by atomic mass is 9.99. The van der Waals surface area contributed by atoms with Crippen LogP contribution in [0.25, 0.3) is 0 Å².